The van der Waals surface area contributed by atoms with E-state index < -0.39 is 0 Å². The summed E-state index contributed by atoms with van der Waals surface area (Å²) in [5.74, 6) is -0.0731. The van der Waals surface area contributed by atoms with Gasteiger partial charge in [-0.25, -0.2) is 0 Å². The van der Waals surface area contributed by atoms with Gasteiger partial charge in [-0.05, 0) is 68.2 Å². The van der Waals surface area contributed by atoms with Crippen LogP contribution in [0.1, 0.15) is 30.7 Å². The smallest absolute Gasteiger partial charge is 0.244 e. The number of nitrogens with one attached hydrogen (secondary N) is 2. The van der Waals surface area contributed by atoms with E-state index in [9.17, 15) is 4.79 Å². The first kappa shape index (κ1) is 21.7. The van der Waals surface area contributed by atoms with Crippen molar-refractivity contribution in [1.29, 1.82) is 0 Å². The molecule has 29 heavy (non-hydrogen) atoms. The molecular weight excluding hydrogens is 405 g/mol. The fourth-order valence-electron chi connectivity index (χ4n) is 3.84. The zero-order valence-electron chi connectivity index (χ0n) is 17.1. The van der Waals surface area contributed by atoms with Gasteiger partial charge in [-0.3, -0.25) is 4.79 Å². The molecular formula is C23H27Cl2N3O. The summed E-state index contributed by atoms with van der Waals surface area (Å²) in [7, 11) is 1.93. The average molecular weight is 432 g/mol. The van der Waals surface area contributed by atoms with Crippen LogP contribution in [0.2, 0.25) is 10.0 Å². The van der Waals surface area contributed by atoms with E-state index >= 15 is 0 Å². The third-order valence-corrected chi connectivity index (χ3v) is 5.68. The van der Waals surface area contributed by atoms with Gasteiger partial charge in [0.2, 0.25) is 5.91 Å². The van der Waals surface area contributed by atoms with Crippen molar-refractivity contribution < 1.29 is 4.79 Å². The summed E-state index contributed by atoms with van der Waals surface area (Å²) in [6, 6.07) is 11.6. The maximum Gasteiger partial charge on any atom is 0.244 e. The molecule has 0 bridgehead atoms. The maximum absolute atomic E-state index is 12.9. The third kappa shape index (κ3) is 4.77. The molecule has 1 amide bonds. The van der Waals surface area contributed by atoms with Crippen LogP contribution < -0.4 is 10.6 Å². The van der Waals surface area contributed by atoms with Crippen LogP contribution in [0, 0.1) is 0 Å². The van der Waals surface area contributed by atoms with Gasteiger partial charge in [-0.2, -0.15) is 0 Å². The third-order valence-electron chi connectivity index (χ3n) is 5.18. The minimum atomic E-state index is -0.0731. The van der Waals surface area contributed by atoms with Crippen molar-refractivity contribution in [2.75, 3.05) is 18.9 Å². The lowest BCUT2D eigenvalue weighted by Crippen LogP contribution is -2.20. The fraction of sp³-hybridized carbons (Fsp3) is 0.348. The van der Waals surface area contributed by atoms with Crippen LogP contribution in [0.4, 0.5) is 5.69 Å². The number of nitrogens with zero attached hydrogens (tertiary/aromatic N) is 1. The summed E-state index contributed by atoms with van der Waals surface area (Å²) in [5.41, 5.74) is 5.19. The molecule has 0 fully saturated rings. The number of benzene rings is 2. The van der Waals surface area contributed by atoms with Gasteiger partial charge in [0.05, 0.1) is 10.5 Å². The Labute approximate surface area is 182 Å². The second kappa shape index (κ2) is 9.66. The number of carbonyl (C=O) groups excluding carboxylic acids is 1. The van der Waals surface area contributed by atoms with E-state index in [-0.39, 0.29) is 12.5 Å². The highest BCUT2D eigenvalue weighted by Crippen LogP contribution is 2.35. The molecule has 0 spiro atoms. The van der Waals surface area contributed by atoms with E-state index in [1.54, 1.807) is 6.07 Å². The van der Waals surface area contributed by atoms with Crippen molar-refractivity contribution in [2.24, 2.45) is 0 Å². The van der Waals surface area contributed by atoms with Gasteiger partial charge in [-0.1, -0.05) is 49.2 Å². The van der Waals surface area contributed by atoms with Gasteiger partial charge in [0.25, 0.3) is 0 Å². The molecule has 0 atom stereocenters. The van der Waals surface area contributed by atoms with Gasteiger partial charge < -0.3 is 15.2 Å². The van der Waals surface area contributed by atoms with Crippen LogP contribution in [0.15, 0.2) is 36.4 Å². The van der Waals surface area contributed by atoms with Crippen molar-refractivity contribution in [3.05, 3.63) is 63.3 Å². The molecule has 0 radical (unpaired) electrons. The lowest BCUT2D eigenvalue weighted by molar-refractivity contribution is -0.116. The number of amides is 1. The molecule has 1 heterocycles. The highest BCUT2D eigenvalue weighted by Gasteiger charge is 2.20. The Morgan fingerprint density at radius 3 is 2.59 bits per heavy atom. The molecule has 1 aromatic heterocycles. The number of aromatic nitrogens is 1. The molecule has 0 aliphatic carbocycles. The molecule has 0 unspecified atom stereocenters. The predicted octanol–water partition coefficient (Wildman–Crippen LogP) is 5.47. The first-order valence-corrected chi connectivity index (χ1v) is 10.8. The average Bonchev–Trinajstić information content (AvgIpc) is 2.98. The molecule has 2 aromatic carbocycles. The number of fused-ring (bicyclic) bond motifs is 1. The normalized spacial score (nSPS) is 11.2. The lowest BCUT2D eigenvalue weighted by atomic mass is 10.1. The van der Waals surface area contributed by atoms with Crippen molar-refractivity contribution in [3.63, 3.8) is 0 Å². The minimum Gasteiger partial charge on any atom is -0.334 e. The minimum absolute atomic E-state index is 0.0731. The molecule has 0 aliphatic rings. The first-order valence-electron chi connectivity index (χ1n) is 10.0. The van der Waals surface area contributed by atoms with E-state index in [2.05, 4.69) is 30.5 Å². The Balaban J connectivity index is 2.00. The summed E-state index contributed by atoms with van der Waals surface area (Å²) >= 11 is 12.9. The first-order chi connectivity index (χ1) is 14.0. The van der Waals surface area contributed by atoms with Gasteiger partial charge in [0, 0.05) is 21.8 Å². The van der Waals surface area contributed by atoms with Crippen LogP contribution >= 0.6 is 23.2 Å². The van der Waals surface area contributed by atoms with Crippen molar-refractivity contribution in [2.45, 2.75) is 39.7 Å². The summed E-state index contributed by atoms with van der Waals surface area (Å²) in [6.45, 7) is 5.25. The highest BCUT2D eigenvalue weighted by molar-refractivity contribution is 6.38. The summed E-state index contributed by atoms with van der Waals surface area (Å²) in [6.07, 6.45) is 2.58. The second-order valence-corrected chi connectivity index (χ2v) is 7.95. The fourth-order valence-corrected chi connectivity index (χ4v) is 4.44. The summed E-state index contributed by atoms with van der Waals surface area (Å²) < 4.78 is 2.04. The molecule has 3 rings (SSSR count). The largest absolute Gasteiger partial charge is 0.334 e. The Morgan fingerprint density at radius 2 is 1.90 bits per heavy atom. The monoisotopic (exact) mass is 431 g/mol. The molecule has 0 aliphatic heterocycles. The van der Waals surface area contributed by atoms with E-state index in [4.69, 9.17) is 23.2 Å². The number of aryl methyl sites for hydroxylation is 1. The molecule has 2 N–H and O–H groups in total. The quantitative estimate of drug-likeness (QED) is 0.496. The predicted molar refractivity (Wildman–Crippen MR) is 123 cm³/mol. The number of rotatable bonds is 8. The molecule has 154 valence electrons. The molecule has 0 saturated heterocycles. The lowest BCUT2D eigenvalue weighted by Gasteiger charge is -2.12. The van der Waals surface area contributed by atoms with Crippen LogP contribution in [-0.4, -0.2) is 24.1 Å². The zero-order chi connectivity index (χ0) is 21.0. The number of halogens is 2. The Morgan fingerprint density at radius 1 is 1.10 bits per heavy atom. The van der Waals surface area contributed by atoms with E-state index in [0.29, 0.717) is 10.0 Å². The van der Waals surface area contributed by atoms with Crippen LogP contribution in [0.3, 0.4) is 0 Å². The van der Waals surface area contributed by atoms with Gasteiger partial charge in [0.15, 0.2) is 0 Å². The second-order valence-electron chi connectivity index (χ2n) is 7.10. The number of carbonyl (C=O) groups is 1. The van der Waals surface area contributed by atoms with Crippen molar-refractivity contribution in [1.82, 2.24) is 9.88 Å². The van der Waals surface area contributed by atoms with Gasteiger partial charge in [-0.15, -0.1) is 0 Å². The topological polar surface area (TPSA) is 46.1 Å². The Kier molecular flexibility index (Phi) is 7.23. The Bertz CT molecular complexity index is 1030. The van der Waals surface area contributed by atoms with Crippen molar-refractivity contribution in [3.8, 4) is 0 Å². The van der Waals surface area contributed by atoms with Gasteiger partial charge >= 0.3 is 0 Å². The zero-order valence-corrected chi connectivity index (χ0v) is 18.6. The van der Waals surface area contributed by atoms with E-state index in [0.717, 1.165) is 48.1 Å². The number of likely N-dealkylation sites (N-methyl/N-ethyl adjacent to an activating group) is 1. The molecule has 6 heteroatoms. The highest BCUT2D eigenvalue weighted by atomic mass is 35.5. The number of hydrogen-bond donors (Lipinski definition) is 2. The van der Waals surface area contributed by atoms with Crippen LogP contribution in [-0.2, 0) is 30.6 Å². The van der Waals surface area contributed by atoms with Gasteiger partial charge in [0.1, 0.15) is 6.54 Å². The van der Waals surface area contributed by atoms with E-state index in [1.165, 1.54) is 11.1 Å². The number of anilines is 1. The SMILES string of the molecule is CCc1cccc(NC(=O)Cn2c(CC)c(CCNC)c3cc(Cl)cc(Cl)c32)c1. The molecule has 4 nitrogen and oxygen atoms in total. The van der Waals surface area contributed by atoms with Crippen LogP contribution in [0.25, 0.3) is 10.9 Å². The maximum atomic E-state index is 12.9. The van der Waals surface area contributed by atoms with Crippen LogP contribution in [0.5, 0.6) is 0 Å². The van der Waals surface area contributed by atoms with E-state index in [1.807, 2.05) is 35.9 Å². The summed E-state index contributed by atoms with van der Waals surface area (Å²) in [4.78, 5) is 12.9. The summed E-state index contributed by atoms with van der Waals surface area (Å²) in [5, 5.41) is 8.42. The van der Waals surface area contributed by atoms with Crippen molar-refractivity contribution >= 4 is 45.7 Å². The molecule has 0 saturated carbocycles. The number of hydrogen-bond acceptors (Lipinski definition) is 2. The molecule has 3 aromatic rings. The standard InChI is InChI=1S/C23H27Cl2N3O/c1-4-15-7-6-8-17(11-15)27-22(29)14-28-21(5-2)18(9-10-26-3)19-12-16(24)13-20(25)23(19)28/h6-8,11-13,26H,4-5,9-10,14H2,1-3H3,(H,27,29). The Hall–Kier alpha value is -2.01.